The van der Waals surface area contributed by atoms with Gasteiger partial charge in [-0.05, 0) is 50.1 Å². The Balaban J connectivity index is 1.49. The maximum Gasteiger partial charge on any atom is 0.151 e. The first kappa shape index (κ1) is 17.4. The highest BCUT2D eigenvalue weighted by atomic mass is 16.5. The number of aryl methyl sites for hydroxylation is 1. The number of rotatable bonds is 3. The van der Waals surface area contributed by atoms with Gasteiger partial charge in [0.05, 0.1) is 18.9 Å². The maximum absolute atomic E-state index is 6.03. The van der Waals surface area contributed by atoms with Gasteiger partial charge < -0.3 is 9.64 Å². The van der Waals surface area contributed by atoms with Crippen LogP contribution in [0.1, 0.15) is 24.1 Å². The molecular weight excluding hydrogens is 326 g/mol. The number of ether oxygens (including phenoxy) is 1. The molecule has 2 fully saturated rings. The van der Waals surface area contributed by atoms with Crippen LogP contribution in [-0.4, -0.2) is 59.5 Å². The summed E-state index contributed by atoms with van der Waals surface area (Å²) >= 11 is 0. The zero-order valence-electron chi connectivity index (χ0n) is 15.5. The molecule has 2 aliphatic heterocycles. The van der Waals surface area contributed by atoms with Gasteiger partial charge in [-0.15, -0.1) is 5.10 Å². The minimum absolute atomic E-state index is 0.156. The smallest absolute Gasteiger partial charge is 0.151 e. The molecule has 0 N–H and O–H groups in total. The summed E-state index contributed by atoms with van der Waals surface area (Å²) in [6.45, 7) is 8.56. The van der Waals surface area contributed by atoms with Gasteiger partial charge in [-0.1, -0.05) is 6.07 Å². The van der Waals surface area contributed by atoms with Gasteiger partial charge in [0, 0.05) is 44.0 Å². The third-order valence-corrected chi connectivity index (χ3v) is 5.42. The van der Waals surface area contributed by atoms with Crippen LogP contribution in [0.15, 0.2) is 36.7 Å². The number of nitrogens with zero attached hydrogens (tertiary/aromatic N) is 5. The van der Waals surface area contributed by atoms with Crippen molar-refractivity contribution in [3.8, 4) is 0 Å². The molecule has 26 heavy (non-hydrogen) atoms. The summed E-state index contributed by atoms with van der Waals surface area (Å²) in [5.74, 6) is 0.963. The summed E-state index contributed by atoms with van der Waals surface area (Å²) in [6.07, 6.45) is 6.21. The summed E-state index contributed by atoms with van der Waals surface area (Å²) in [7, 11) is 0. The second kappa shape index (κ2) is 7.68. The first-order valence-corrected chi connectivity index (χ1v) is 9.47. The van der Waals surface area contributed by atoms with Gasteiger partial charge in [-0.2, -0.15) is 5.10 Å². The van der Waals surface area contributed by atoms with Gasteiger partial charge in [0.1, 0.15) is 0 Å². The standard InChI is InChI=1S/C20H27N5O/c1-17-5-6-19(23-22-17)25-10-11-26-16-20(15-25)7-3-9-24(14-20)13-18-4-2-8-21-12-18/h2,4-6,8,12H,3,7,9-11,13-16H2,1H3/t20-/m0/s1. The highest BCUT2D eigenvalue weighted by Gasteiger charge is 2.39. The number of hydrogen-bond acceptors (Lipinski definition) is 6. The van der Waals surface area contributed by atoms with Crippen LogP contribution in [-0.2, 0) is 11.3 Å². The fourth-order valence-corrected chi connectivity index (χ4v) is 4.19. The minimum Gasteiger partial charge on any atom is -0.379 e. The van der Waals surface area contributed by atoms with E-state index in [1.165, 1.54) is 18.4 Å². The predicted molar refractivity (Wildman–Crippen MR) is 101 cm³/mol. The van der Waals surface area contributed by atoms with Crippen molar-refractivity contribution in [2.24, 2.45) is 5.41 Å². The van der Waals surface area contributed by atoms with Crippen molar-refractivity contribution in [1.29, 1.82) is 0 Å². The SMILES string of the molecule is Cc1ccc(N2CCOC[C@]3(CCCN(Cc4cccnc4)C3)C2)nn1. The van der Waals surface area contributed by atoms with Gasteiger partial charge >= 0.3 is 0 Å². The van der Waals surface area contributed by atoms with Crippen molar-refractivity contribution < 1.29 is 4.74 Å². The third-order valence-electron chi connectivity index (χ3n) is 5.42. The Kier molecular flexibility index (Phi) is 5.13. The lowest BCUT2D eigenvalue weighted by Gasteiger charge is -2.43. The number of likely N-dealkylation sites (tertiary alicyclic amines) is 1. The van der Waals surface area contributed by atoms with Crippen molar-refractivity contribution >= 4 is 5.82 Å². The van der Waals surface area contributed by atoms with Crippen LogP contribution in [0.4, 0.5) is 5.82 Å². The van der Waals surface area contributed by atoms with Crippen LogP contribution in [0.25, 0.3) is 0 Å². The van der Waals surface area contributed by atoms with Crippen molar-refractivity contribution in [2.75, 3.05) is 44.3 Å². The molecule has 0 aliphatic carbocycles. The summed E-state index contributed by atoms with van der Waals surface area (Å²) in [4.78, 5) is 9.16. The van der Waals surface area contributed by atoms with Crippen LogP contribution >= 0.6 is 0 Å². The van der Waals surface area contributed by atoms with E-state index in [4.69, 9.17) is 4.74 Å². The quantitative estimate of drug-likeness (QED) is 0.844. The summed E-state index contributed by atoms with van der Waals surface area (Å²) < 4.78 is 6.03. The lowest BCUT2D eigenvalue weighted by atomic mass is 9.80. The molecule has 0 radical (unpaired) electrons. The van der Waals surface area contributed by atoms with E-state index in [1.807, 2.05) is 31.5 Å². The van der Waals surface area contributed by atoms with Crippen molar-refractivity contribution in [3.63, 3.8) is 0 Å². The molecule has 1 spiro atoms. The molecule has 0 bridgehead atoms. The Morgan fingerprint density at radius 3 is 2.92 bits per heavy atom. The Labute approximate surface area is 155 Å². The Morgan fingerprint density at radius 2 is 2.12 bits per heavy atom. The second-order valence-corrected chi connectivity index (χ2v) is 7.68. The van der Waals surface area contributed by atoms with Gasteiger partial charge in [-0.3, -0.25) is 9.88 Å². The second-order valence-electron chi connectivity index (χ2n) is 7.68. The maximum atomic E-state index is 6.03. The monoisotopic (exact) mass is 353 g/mol. The highest BCUT2D eigenvalue weighted by molar-refractivity contribution is 5.38. The lowest BCUT2D eigenvalue weighted by Crippen LogP contribution is -2.50. The van der Waals surface area contributed by atoms with Gasteiger partial charge in [0.25, 0.3) is 0 Å². The molecule has 0 aromatic carbocycles. The highest BCUT2D eigenvalue weighted by Crippen LogP contribution is 2.34. The Hall–Kier alpha value is -2.05. The predicted octanol–water partition coefficient (Wildman–Crippen LogP) is 2.30. The summed E-state index contributed by atoms with van der Waals surface area (Å²) in [6, 6.07) is 8.29. The van der Waals surface area contributed by atoms with E-state index in [-0.39, 0.29) is 5.41 Å². The zero-order chi connectivity index (χ0) is 17.8. The van der Waals surface area contributed by atoms with E-state index < -0.39 is 0 Å². The average Bonchev–Trinajstić information content (AvgIpc) is 2.86. The van der Waals surface area contributed by atoms with E-state index in [0.717, 1.165) is 57.4 Å². The average molecular weight is 353 g/mol. The molecule has 4 heterocycles. The molecular formula is C20H27N5O. The molecule has 2 saturated heterocycles. The van der Waals surface area contributed by atoms with E-state index in [2.05, 4.69) is 37.1 Å². The van der Waals surface area contributed by atoms with E-state index in [1.54, 1.807) is 0 Å². The van der Waals surface area contributed by atoms with E-state index in [9.17, 15) is 0 Å². The molecule has 2 aromatic heterocycles. The molecule has 0 amide bonds. The molecule has 4 rings (SSSR count). The molecule has 0 saturated carbocycles. The van der Waals surface area contributed by atoms with Gasteiger partial charge in [0.15, 0.2) is 5.82 Å². The van der Waals surface area contributed by atoms with Crippen LogP contribution in [0, 0.1) is 12.3 Å². The number of hydrogen-bond donors (Lipinski definition) is 0. The molecule has 0 unspecified atom stereocenters. The molecule has 6 heteroatoms. The van der Waals surface area contributed by atoms with Gasteiger partial charge in [0.2, 0.25) is 0 Å². The fourth-order valence-electron chi connectivity index (χ4n) is 4.19. The van der Waals surface area contributed by atoms with Gasteiger partial charge in [-0.25, -0.2) is 0 Å². The summed E-state index contributed by atoms with van der Waals surface area (Å²) in [5.41, 5.74) is 2.39. The molecule has 2 aliphatic rings. The Bertz CT molecular complexity index is 708. The van der Waals surface area contributed by atoms with Crippen molar-refractivity contribution in [1.82, 2.24) is 20.1 Å². The molecule has 6 nitrogen and oxygen atoms in total. The van der Waals surface area contributed by atoms with E-state index >= 15 is 0 Å². The number of aromatic nitrogens is 3. The van der Waals surface area contributed by atoms with Crippen molar-refractivity contribution in [3.05, 3.63) is 47.9 Å². The van der Waals surface area contributed by atoms with Crippen LogP contribution in [0.3, 0.4) is 0 Å². The topological polar surface area (TPSA) is 54.4 Å². The Morgan fingerprint density at radius 1 is 1.15 bits per heavy atom. The fraction of sp³-hybridized carbons (Fsp3) is 0.550. The largest absolute Gasteiger partial charge is 0.379 e. The van der Waals surface area contributed by atoms with Crippen molar-refractivity contribution in [2.45, 2.75) is 26.3 Å². The number of anilines is 1. The molecule has 138 valence electrons. The lowest BCUT2D eigenvalue weighted by molar-refractivity contribution is 0.0106. The molecule has 2 aromatic rings. The first-order chi connectivity index (χ1) is 12.7. The minimum atomic E-state index is 0.156. The van der Waals surface area contributed by atoms with E-state index in [0.29, 0.717) is 0 Å². The van der Waals surface area contributed by atoms with Crippen LogP contribution in [0.5, 0.6) is 0 Å². The van der Waals surface area contributed by atoms with Crippen LogP contribution in [0.2, 0.25) is 0 Å². The first-order valence-electron chi connectivity index (χ1n) is 9.47. The van der Waals surface area contributed by atoms with Crippen LogP contribution < -0.4 is 4.90 Å². The normalized spacial score (nSPS) is 24.6. The zero-order valence-corrected chi connectivity index (χ0v) is 15.5. The summed E-state index contributed by atoms with van der Waals surface area (Å²) in [5, 5.41) is 8.65. The number of piperidine rings is 1. The molecule has 1 atom stereocenters. The number of pyridine rings is 1. The third kappa shape index (κ3) is 4.02.